The first-order chi connectivity index (χ1) is 12.6. The van der Waals surface area contributed by atoms with Crippen molar-refractivity contribution < 1.29 is 4.42 Å². The first kappa shape index (κ1) is 16.7. The molecule has 26 heavy (non-hydrogen) atoms. The highest BCUT2D eigenvalue weighted by atomic mass is 32.2. The smallest absolute Gasteiger partial charge is 0.351 e. The molecular weight excluding hydrogens is 340 g/mol. The van der Waals surface area contributed by atoms with Crippen LogP contribution in [0.2, 0.25) is 0 Å². The lowest BCUT2D eigenvalue weighted by atomic mass is 10.0. The molecule has 128 valence electrons. The maximum absolute atomic E-state index is 12.8. The number of aryl methyl sites for hydroxylation is 2. The van der Waals surface area contributed by atoms with Crippen LogP contribution in [0.25, 0.3) is 22.1 Å². The Balaban J connectivity index is 1.97. The van der Waals surface area contributed by atoms with Crippen LogP contribution in [0.4, 0.5) is 0 Å². The Labute approximate surface area is 156 Å². The van der Waals surface area contributed by atoms with Gasteiger partial charge >= 0.3 is 5.63 Å². The lowest BCUT2D eigenvalue weighted by Crippen LogP contribution is -2.05. The maximum Gasteiger partial charge on any atom is 0.351 e. The fraction of sp³-hybridized carbons (Fsp3) is 0.0870. The quantitative estimate of drug-likeness (QED) is 0.407. The minimum absolute atomic E-state index is 0.301. The van der Waals surface area contributed by atoms with Crippen molar-refractivity contribution in [3.63, 3.8) is 0 Å². The van der Waals surface area contributed by atoms with Crippen LogP contribution in [-0.2, 0) is 0 Å². The van der Waals surface area contributed by atoms with Crippen molar-refractivity contribution in [2.75, 3.05) is 0 Å². The van der Waals surface area contributed by atoms with Crippen LogP contribution in [-0.4, -0.2) is 0 Å². The molecule has 4 rings (SSSR count). The molecule has 3 aromatic carbocycles. The lowest BCUT2D eigenvalue weighted by Gasteiger charge is -2.12. The molecule has 0 aliphatic heterocycles. The van der Waals surface area contributed by atoms with Crippen molar-refractivity contribution >= 4 is 22.7 Å². The molecule has 4 aromatic rings. The zero-order valence-electron chi connectivity index (χ0n) is 14.7. The lowest BCUT2D eigenvalue weighted by molar-refractivity contribution is 0.545. The van der Waals surface area contributed by atoms with Gasteiger partial charge < -0.3 is 4.42 Å². The van der Waals surface area contributed by atoms with E-state index in [2.05, 4.69) is 50.2 Å². The first-order valence-corrected chi connectivity index (χ1v) is 9.31. The molecule has 0 saturated carbocycles. The van der Waals surface area contributed by atoms with Crippen LogP contribution in [0, 0.1) is 13.8 Å². The summed E-state index contributed by atoms with van der Waals surface area (Å²) >= 11 is 1.46. The van der Waals surface area contributed by atoms with E-state index in [9.17, 15) is 4.79 Å². The molecule has 3 heteroatoms. The topological polar surface area (TPSA) is 30.2 Å². The third-order valence-corrected chi connectivity index (χ3v) is 5.44. The Hall–Kier alpha value is -2.78. The van der Waals surface area contributed by atoms with E-state index in [1.165, 1.54) is 22.9 Å². The Morgan fingerprint density at radius 2 is 1.38 bits per heavy atom. The summed E-state index contributed by atoms with van der Waals surface area (Å²) in [5, 5.41) is 0.950. The van der Waals surface area contributed by atoms with Gasteiger partial charge in [0.15, 0.2) is 0 Å². The summed E-state index contributed by atoms with van der Waals surface area (Å²) in [6.07, 6.45) is 0. The van der Waals surface area contributed by atoms with Crippen molar-refractivity contribution in [1.29, 1.82) is 0 Å². The van der Waals surface area contributed by atoms with E-state index in [0.29, 0.717) is 10.5 Å². The molecule has 0 amide bonds. The van der Waals surface area contributed by atoms with Gasteiger partial charge in [0, 0.05) is 15.8 Å². The van der Waals surface area contributed by atoms with Crippen molar-refractivity contribution in [1.82, 2.24) is 0 Å². The van der Waals surface area contributed by atoms with Gasteiger partial charge in [-0.3, -0.25) is 0 Å². The Bertz CT molecular complexity index is 1120. The molecule has 1 aromatic heterocycles. The first-order valence-electron chi connectivity index (χ1n) is 8.49. The standard InChI is InChI=1S/C23H18O2S/c1-15-7-11-17(12-8-15)21-19-5-3-4-6-20(19)25-23(24)22(21)26-18-13-9-16(2)10-14-18/h3-14H,1-2H3. The molecule has 2 nitrogen and oxygen atoms in total. The minimum Gasteiger partial charge on any atom is -0.422 e. The fourth-order valence-corrected chi connectivity index (χ4v) is 3.92. The molecule has 0 atom stereocenters. The van der Waals surface area contributed by atoms with Crippen molar-refractivity contribution in [2.24, 2.45) is 0 Å². The van der Waals surface area contributed by atoms with E-state index >= 15 is 0 Å². The van der Waals surface area contributed by atoms with Gasteiger partial charge in [0.25, 0.3) is 0 Å². The third-order valence-electron chi connectivity index (χ3n) is 4.35. The number of benzene rings is 3. The van der Waals surface area contributed by atoms with E-state index in [-0.39, 0.29) is 5.63 Å². The van der Waals surface area contributed by atoms with Crippen LogP contribution in [0.5, 0.6) is 0 Å². The monoisotopic (exact) mass is 358 g/mol. The van der Waals surface area contributed by atoms with Gasteiger partial charge in [-0.25, -0.2) is 4.79 Å². The van der Waals surface area contributed by atoms with Gasteiger partial charge in [-0.15, -0.1) is 0 Å². The summed E-state index contributed by atoms with van der Waals surface area (Å²) in [5.41, 5.74) is 4.65. The molecule has 0 bridgehead atoms. The summed E-state index contributed by atoms with van der Waals surface area (Å²) in [5.74, 6) is 0. The molecule has 0 fully saturated rings. The van der Waals surface area contributed by atoms with Crippen molar-refractivity contribution in [2.45, 2.75) is 23.6 Å². The van der Waals surface area contributed by atoms with E-state index < -0.39 is 0 Å². The minimum atomic E-state index is -0.301. The van der Waals surface area contributed by atoms with Crippen LogP contribution in [0.3, 0.4) is 0 Å². The van der Waals surface area contributed by atoms with Gasteiger partial charge in [0.2, 0.25) is 0 Å². The number of hydrogen-bond acceptors (Lipinski definition) is 3. The van der Waals surface area contributed by atoms with E-state index in [4.69, 9.17) is 4.42 Å². The number of rotatable bonds is 3. The Kier molecular flexibility index (Phi) is 4.39. The van der Waals surface area contributed by atoms with Gasteiger partial charge in [0.05, 0.1) is 0 Å². The van der Waals surface area contributed by atoms with Crippen molar-refractivity contribution in [3.05, 3.63) is 94.3 Å². The Morgan fingerprint density at radius 3 is 2.08 bits per heavy atom. The third kappa shape index (κ3) is 3.18. The summed E-state index contributed by atoms with van der Waals surface area (Å²) in [6.45, 7) is 4.11. The summed E-state index contributed by atoms with van der Waals surface area (Å²) in [4.78, 5) is 14.4. The predicted octanol–water partition coefficient (Wildman–Crippen LogP) is 6.23. The summed E-state index contributed by atoms with van der Waals surface area (Å²) in [6, 6.07) is 24.1. The second-order valence-electron chi connectivity index (χ2n) is 6.37. The van der Waals surface area contributed by atoms with E-state index in [0.717, 1.165) is 21.4 Å². The van der Waals surface area contributed by atoms with Crippen LogP contribution in [0.15, 0.2) is 91.8 Å². The van der Waals surface area contributed by atoms with Crippen LogP contribution >= 0.6 is 11.8 Å². The molecule has 0 spiro atoms. The van der Waals surface area contributed by atoms with Gasteiger partial charge in [0.1, 0.15) is 10.5 Å². The van der Waals surface area contributed by atoms with Crippen LogP contribution in [0.1, 0.15) is 11.1 Å². The second kappa shape index (κ2) is 6.85. The molecule has 0 aliphatic carbocycles. The van der Waals surface area contributed by atoms with E-state index in [1.54, 1.807) is 0 Å². The SMILES string of the molecule is Cc1ccc(Sc2c(-c3ccc(C)cc3)c3ccccc3oc2=O)cc1. The van der Waals surface area contributed by atoms with E-state index in [1.807, 2.05) is 36.4 Å². The number of hydrogen-bond donors (Lipinski definition) is 0. The molecule has 0 unspecified atom stereocenters. The summed E-state index contributed by atoms with van der Waals surface area (Å²) in [7, 11) is 0. The maximum atomic E-state index is 12.8. The number of fused-ring (bicyclic) bond motifs is 1. The second-order valence-corrected chi connectivity index (χ2v) is 7.45. The van der Waals surface area contributed by atoms with Gasteiger partial charge in [-0.1, -0.05) is 77.5 Å². The molecule has 0 saturated heterocycles. The molecular formula is C23H18O2S. The number of para-hydroxylation sites is 1. The summed E-state index contributed by atoms with van der Waals surface area (Å²) < 4.78 is 5.60. The zero-order chi connectivity index (χ0) is 18.1. The highest BCUT2D eigenvalue weighted by molar-refractivity contribution is 7.99. The van der Waals surface area contributed by atoms with Gasteiger partial charge in [-0.05, 0) is 37.6 Å². The highest BCUT2D eigenvalue weighted by Gasteiger charge is 2.17. The average Bonchev–Trinajstić information content (AvgIpc) is 2.65. The molecule has 0 aliphatic rings. The highest BCUT2D eigenvalue weighted by Crippen LogP contribution is 2.38. The fourth-order valence-electron chi connectivity index (χ4n) is 2.96. The zero-order valence-corrected chi connectivity index (χ0v) is 15.5. The van der Waals surface area contributed by atoms with Gasteiger partial charge in [-0.2, -0.15) is 0 Å². The largest absolute Gasteiger partial charge is 0.422 e. The molecule has 0 N–H and O–H groups in total. The normalized spacial score (nSPS) is 11.0. The molecule has 0 radical (unpaired) electrons. The van der Waals surface area contributed by atoms with Crippen molar-refractivity contribution in [3.8, 4) is 11.1 Å². The average molecular weight is 358 g/mol. The Morgan fingerprint density at radius 1 is 0.769 bits per heavy atom. The van der Waals surface area contributed by atoms with Crippen LogP contribution < -0.4 is 5.63 Å². The predicted molar refractivity (Wildman–Crippen MR) is 108 cm³/mol. The molecule has 1 heterocycles.